The minimum Gasteiger partial charge on any atom is -0.465 e. The van der Waals surface area contributed by atoms with Gasteiger partial charge in [-0.15, -0.1) is 0 Å². The molecule has 1 fully saturated rings. The molecule has 2 aliphatic rings. The SMILES string of the molecule is Cn1cc(-c2nc(N[C@@H]3CCCC[C@H]3N(C(=O)O)C(C)(C)C)cc3c2C(=O)NC3)cn1. The number of nitrogens with zero attached hydrogens (tertiary/aromatic N) is 4. The van der Waals surface area contributed by atoms with Crippen LogP contribution in [0.3, 0.4) is 0 Å². The first-order chi connectivity index (χ1) is 14.6. The van der Waals surface area contributed by atoms with Gasteiger partial charge in [0.25, 0.3) is 5.91 Å². The molecule has 1 aliphatic heterocycles. The van der Waals surface area contributed by atoms with E-state index in [1.165, 1.54) is 0 Å². The van der Waals surface area contributed by atoms with Crippen LogP contribution in [0.4, 0.5) is 10.6 Å². The van der Waals surface area contributed by atoms with Crippen molar-refractivity contribution in [3.8, 4) is 11.3 Å². The average Bonchev–Trinajstić information content (AvgIpc) is 3.27. The van der Waals surface area contributed by atoms with Crippen LogP contribution in [-0.4, -0.2) is 54.4 Å². The zero-order chi connectivity index (χ0) is 22.3. The minimum absolute atomic E-state index is 0.0542. The van der Waals surface area contributed by atoms with Crippen molar-refractivity contribution in [1.29, 1.82) is 0 Å². The molecule has 9 heteroatoms. The molecule has 2 amide bonds. The number of carbonyl (C=O) groups is 2. The number of carbonyl (C=O) groups excluding carboxylic acids is 1. The van der Waals surface area contributed by atoms with E-state index in [0.717, 1.165) is 36.8 Å². The van der Waals surface area contributed by atoms with E-state index in [2.05, 4.69) is 15.7 Å². The molecule has 0 unspecified atom stereocenters. The van der Waals surface area contributed by atoms with E-state index >= 15 is 0 Å². The quantitative estimate of drug-likeness (QED) is 0.692. The maximum absolute atomic E-state index is 12.4. The highest BCUT2D eigenvalue weighted by Gasteiger charge is 2.39. The number of hydrogen-bond donors (Lipinski definition) is 3. The maximum atomic E-state index is 12.4. The largest absolute Gasteiger partial charge is 0.465 e. The molecule has 0 spiro atoms. The Hall–Kier alpha value is -3.10. The molecule has 2 atom stereocenters. The Morgan fingerprint density at radius 1 is 1.32 bits per heavy atom. The number of pyridine rings is 1. The van der Waals surface area contributed by atoms with E-state index in [1.807, 2.05) is 40.1 Å². The van der Waals surface area contributed by atoms with Crippen molar-refractivity contribution < 1.29 is 14.7 Å². The molecule has 0 bridgehead atoms. The van der Waals surface area contributed by atoms with Gasteiger partial charge in [-0.3, -0.25) is 14.4 Å². The van der Waals surface area contributed by atoms with Gasteiger partial charge in [0.2, 0.25) is 0 Å². The summed E-state index contributed by atoms with van der Waals surface area (Å²) in [4.78, 5) is 30.9. The van der Waals surface area contributed by atoms with E-state index in [1.54, 1.807) is 15.8 Å². The number of fused-ring (bicyclic) bond motifs is 1. The maximum Gasteiger partial charge on any atom is 0.408 e. The number of anilines is 1. The summed E-state index contributed by atoms with van der Waals surface area (Å²) in [5.74, 6) is 0.526. The number of aromatic nitrogens is 3. The van der Waals surface area contributed by atoms with Gasteiger partial charge in [-0.05, 0) is 45.2 Å². The second-order valence-corrected chi connectivity index (χ2v) is 9.40. The normalized spacial score (nSPS) is 20.8. The molecule has 31 heavy (non-hydrogen) atoms. The number of rotatable bonds is 4. The summed E-state index contributed by atoms with van der Waals surface area (Å²) in [5.41, 5.74) is 2.35. The van der Waals surface area contributed by atoms with Crippen molar-refractivity contribution in [3.05, 3.63) is 29.6 Å². The Morgan fingerprint density at radius 3 is 2.71 bits per heavy atom. The fourth-order valence-corrected chi connectivity index (χ4v) is 4.79. The lowest BCUT2D eigenvalue weighted by atomic mass is 9.86. The van der Waals surface area contributed by atoms with E-state index in [4.69, 9.17) is 4.98 Å². The highest BCUT2D eigenvalue weighted by atomic mass is 16.4. The summed E-state index contributed by atoms with van der Waals surface area (Å²) in [5, 5.41) is 20.5. The van der Waals surface area contributed by atoms with E-state index in [9.17, 15) is 14.7 Å². The third-order valence-electron chi connectivity index (χ3n) is 6.07. The van der Waals surface area contributed by atoms with Crippen LogP contribution in [0.25, 0.3) is 11.3 Å². The molecular weight excluding hydrogens is 396 g/mol. The molecule has 4 rings (SSSR count). The van der Waals surface area contributed by atoms with Crippen molar-refractivity contribution in [2.45, 2.75) is 70.6 Å². The summed E-state index contributed by atoms with van der Waals surface area (Å²) < 4.78 is 1.68. The van der Waals surface area contributed by atoms with Crippen molar-refractivity contribution in [2.75, 3.05) is 5.32 Å². The summed E-state index contributed by atoms with van der Waals surface area (Å²) >= 11 is 0. The molecule has 2 aromatic heterocycles. The first-order valence-corrected chi connectivity index (χ1v) is 10.7. The predicted octanol–water partition coefficient (Wildman–Crippen LogP) is 3.23. The lowest BCUT2D eigenvalue weighted by Crippen LogP contribution is -2.58. The van der Waals surface area contributed by atoms with Gasteiger partial charge in [0.15, 0.2) is 0 Å². The molecule has 0 saturated heterocycles. The Labute approximate surface area is 181 Å². The third-order valence-corrected chi connectivity index (χ3v) is 6.07. The molecule has 3 N–H and O–H groups in total. The van der Waals surface area contributed by atoms with Crippen LogP contribution in [0, 0.1) is 0 Å². The van der Waals surface area contributed by atoms with Gasteiger partial charge in [-0.2, -0.15) is 5.10 Å². The highest BCUT2D eigenvalue weighted by Crippen LogP contribution is 2.33. The first kappa shape index (κ1) is 21.1. The first-order valence-electron chi connectivity index (χ1n) is 10.7. The van der Waals surface area contributed by atoms with E-state index in [-0.39, 0.29) is 18.0 Å². The van der Waals surface area contributed by atoms with Gasteiger partial charge in [-0.1, -0.05) is 12.8 Å². The number of nitrogens with one attached hydrogen (secondary N) is 2. The molecular formula is C22H30N6O3. The minimum atomic E-state index is -0.904. The van der Waals surface area contributed by atoms with Crippen LogP contribution in [0.15, 0.2) is 18.5 Å². The number of amides is 2. The molecule has 3 heterocycles. The second-order valence-electron chi connectivity index (χ2n) is 9.40. The summed E-state index contributed by atoms with van der Waals surface area (Å²) in [6.45, 7) is 6.24. The summed E-state index contributed by atoms with van der Waals surface area (Å²) in [6, 6.07) is 1.70. The van der Waals surface area contributed by atoms with Crippen LogP contribution in [0.5, 0.6) is 0 Å². The smallest absolute Gasteiger partial charge is 0.408 e. The zero-order valence-corrected chi connectivity index (χ0v) is 18.5. The summed E-state index contributed by atoms with van der Waals surface area (Å²) in [6.07, 6.45) is 6.34. The van der Waals surface area contributed by atoms with Gasteiger partial charge >= 0.3 is 6.09 Å². The Kier molecular flexibility index (Phi) is 5.36. The molecule has 166 valence electrons. The van der Waals surface area contributed by atoms with Gasteiger partial charge in [0, 0.05) is 36.9 Å². The molecule has 2 aromatic rings. The monoisotopic (exact) mass is 426 g/mol. The van der Waals surface area contributed by atoms with Crippen LogP contribution < -0.4 is 10.6 Å². The molecule has 0 aromatic carbocycles. The summed E-state index contributed by atoms with van der Waals surface area (Å²) in [7, 11) is 1.82. The van der Waals surface area contributed by atoms with Crippen molar-refractivity contribution in [1.82, 2.24) is 25.0 Å². The van der Waals surface area contributed by atoms with Gasteiger partial charge in [0.05, 0.1) is 23.5 Å². The van der Waals surface area contributed by atoms with Crippen LogP contribution in [-0.2, 0) is 13.6 Å². The van der Waals surface area contributed by atoms with Gasteiger partial charge < -0.3 is 15.7 Å². The fraction of sp³-hybridized carbons (Fsp3) is 0.545. The molecule has 1 saturated carbocycles. The van der Waals surface area contributed by atoms with Crippen LogP contribution in [0.1, 0.15) is 62.4 Å². The second kappa shape index (κ2) is 7.86. The van der Waals surface area contributed by atoms with Crippen molar-refractivity contribution in [3.63, 3.8) is 0 Å². The topological polar surface area (TPSA) is 112 Å². The van der Waals surface area contributed by atoms with Crippen molar-refractivity contribution >= 4 is 17.8 Å². The lowest BCUT2D eigenvalue weighted by molar-refractivity contribution is 0.0520. The number of aryl methyl sites for hydroxylation is 1. The third kappa shape index (κ3) is 4.08. The molecule has 1 aliphatic carbocycles. The Morgan fingerprint density at radius 2 is 2.06 bits per heavy atom. The highest BCUT2D eigenvalue weighted by molar-refractivity contribution is 6.04. The standard InChI is InChI=1S/C22H30N6O3/c1-22(2,3)28(21(30)31)16-8-6-5-7-15(16)25-17-9-13-10-23-20(29)18(13)19(26-17)14-11-24-27(4)12-14/h9,11-12,15-16H,5-8,10H2,1-4H3,(H,23,29)(H,25,26)(H,30,31)/t15-,16-/m1/s1. The lowest BCUT2D eigenvalue weighted by Gasteiger charge is -2.45. The Bertz CT molecular complexity index is 1010. The Balaban J connectivity index is 1.70. The number of carboxylic acid groups (broad SMARTS) is 1. The zero-order valence-electron chi connectivity index (χ0n) is 18.5. The van der Waals surface area contributed by atoms with Crippen LogP contribution >= 0.6 is 0 Å². The van der Waals surface area contributed by atoms with E-state index in [0.29, 0.717) is 23.6 Å². The van der Waals surface area contributed by atoms with Gasteiger partial charge in [0.1, 0.15) is 5.82 Å². The average molecular weight is 427 g/mol. The van der Waals surface area contributed by atoms with Gasteiger partial charge in [-0.25, -0.2) is 9.78 Å². The van der Waals surface area contributed by atoms with E-state index < -0.39 is 11.6 Å². The fourth-order valence-electron chi connectivity index (χ4n) is 4.79. The van der Waals surface area contributed by atoms with Crippen LogP contribution in [0.2, 0.25) is 0 Å². The van der Waals surface area contributed by atoms with Crippen molar-refractivity contribution in [2.24, 2.45) is 7.05 Å². The molecule has 9 nitrogen and oxygen atoms in total. The molecule has 0 radical (unpaired) electrons. The predicted molar refractivity (Wildman–Crippen MR) is 117 cm³/mol. The number of hydrogen-bond acceptors (Lipinski definition) is 5.